The van der Waals surface area contributed by atoms with E-state index in [-0.39, 0.29) is 12.2 Å². The van der Waals surface area contributed by atoms with Gasteiger partial charge in [-0.2, -0.15) is 0 Å². The summed E-state index contributed by atoms with van der Waals surface area (Å²) in [6, 6.07) is 0. The third-order valence-electron chi connectivity index (χ3n) is 2.47. The maximum atomic E-state index is 9.71. The van der Waals surface area contributed by atoms with Crippen molar-refractivity contribution in [1.29, 1.82) is 0 Å². The average molecular weight is 182 g/mol. The summed E-state index contributed by atoms with van der Waals surface area (Å²) < 4.78 is 5.47. The number of unbranched alkanes of at least 4 members (excludes halogenated alkanes) is 1. The molecule has 0 aromatic carbocycles. The highest BCUT2D eigenvalue weighted by atomic mass is 16.5. The molecule has 2 heteroatoms. The first-order valence-corrected chi connectivity index (χ1v) is 5.07. The minimum Gasteiger partial charge on any atom is -0.390 e. The first kappa shape index (κ1) is 10.6. The Morgan fingerprint density at radius 1 is 1.54 bits per heavy atom. The van der Waals surface area contributed by atoms with Crippen LogP contribution in [0, 0.1) is 12.3 Å². The van der Waals surface area contributed by atoms with E-state index < -0.39 is 0 Å². The van der Waals surface area contributed by atoms with Crippen molar-refractivity contribution in [3.8, 4) is 12.3 Å². The molecule has 1 fully saturated rings. The number of terminal acetylenes is 1. The molecule has 0 amide bonds. The Hall–Kier alpha value is -0.520. The maximum Gasteiger partial charge on any atom is 0.0833 e. The van der Waals surface area contributed by atoms with Crippen LogP contribution in [-0.4, -0.2) is 23.9 Å². The number of aliphatic hydroxyl groups is 1. The highest BCUT2D eigenvalue weighted by molar-refractivity contribution is 4.84. The molecule has 0 spiro atoms. The lowest BCUT2D eigenvalue weighted by atomic mass is 10.0. The van der Waals surface area contributed by atoms with Crippen LogP contribution < -0.4 is 0 Å². The molecule has 0 saturated carbocycles. The van der Waals surface area contributed by atoms with Crippen LogP contribution >= 0.6 is 0 Å². The van der Waals surface area contributed by atoms with Gasteiger partial charge in [0.15, 0.2) is 0 Å². The Morgan fingerprint density at radius 3 is 3.00 bits per heavy atom. The van der Waals surface area contributed by atoms with E-state index in [2.05, 4.69) is 5.92 Å². The normalized spacial score (nSPS) is 25.1. The molecule has 1 N–H and O–H groups in total. The molecule has 2 atom stereocenters. The summed E-state index contributed by atoms with van der Waals surface area (Å²) in [6.45, 7) is 0.802. The summed E-state index contributed by atoms with van der Waals surface area (Å²) in [4.78, 5) is 0. The topological polar surface area (TPSA) is 29.5 Å². The van der Waals surface area contributed by atoms with Gasteiger partial charge in [0.1, 0.15) is 0 Å². The van der Waals surface area contributed by atoms with Gasteiger partial charge in [0.25, 0.3) is 0 Å². The van der Waals surface area contributed by atoms with Gasteiger partial charge in [-0.1, -0.05) is 0 Å². The highest BCUT2D eigenvalue weighted by Crippen LogP contribution is 2.18. The summed E-state index contributed by atoms with van der Waals surface area (Å²) in [7, 11) is 0. The second kappa shape index (κ2) is 6.01. The fourth-order valence-electron chi connectivity index (χ4n) is 1.67. The lowest BCUT2D eigenvalue weighted by Gasteiger charge is -2.26. The molecule has 0 aromatic heterocycles. The van der Waals surface area contributed by atoms with Crippen molar-refractivity contribution in [2.24, 2.45) is 0 Å². The Kier molecular flexibility index (Phi) is 4.88. The number of hydrogen-bond acceptors (Lipinski definition) is 2. The van der Waals surface area contributed by atoms with Crippen LogP contribution in [0.3, 0.4) is 0 Å². The van der Waals surface area contributed by atoms with Crippen LogP contribution in [0.15, 0.2) is 0 Å². The van der Waals surface area contributed by atoms with Crippen LogP contribution in [-0.2, 0) is 4.74 Å². The number of rotatable bonds is 4. The van der Waals surface area contributed by atoms with Gasteiger partial charge in [0, 0.05) is 13.0 Å². The molecular formula is C11H18O2. The lowest BCUT2D eigenvalue weighted by Crippen LogP contribution is -2.32. The molecule has 0 aliphatic carbocycles. The van der Waals surface area contributed by atoms with Crippen molar-refractivity contribution < 1.29 is 9.84 Å². The van der Waals surface area contributed by atoms with Gasteiger partial charge in [-0.3, -0.25) is 0 Å². The quantitative estimate of drug-likeness (QED) is 0.530. The monoisotopic (exact) mass is 182 g/mol. The smallest absolute Gasteiger partial charge is 0.0833 e. The van der Waals surface area contributed by atoms with Crippen molar-refractivity contribution in [3.63, 3.8) is 0 Å². The molecule has 74 valence electrons. The molecule has 1 saturated heterocycles. The number of ether oxygens (including phenoxy) is 1. The van der Waals surface area contributed by atoms with Gasteiger partial charge >= 0.3 is 0 Å². The molecular weight excluding hydrogens is 164 g/mol. The molecule has 1 heterocycles. The van der Waals surface area contributed by atoms with Crippen molar-refractivity contribution in [1.82, 2.24) is 0 Å². The second-order valence-corrected chi connectivity index (χ2v) is 3.57. The summed E-state index contributed by atoms with van der Waals surface area (Å²) in [5.41, 5.74) is 0. The van der Waals surface area contributed by atoms with Crippen LogP contribution in [0.25, 0.3) is 0 Å². The van der Waals surface area contributed by atoms with Gasteiger partial charge < -0.3 is 9.84 Å². The van der Waals surface area contributed by atoms with E-state index in [4.69, 9.17) is 11.2 Å². The van der Waals surface area contributed by atoms with E-state index in [9.17, 15) is 5.11 Å². The van der Waals surface area contributed by atoms with Crippen molar-refractivity contribution >= 4 is 0 Å². The zero-order valence-electron chi connectivity index (χ0n) is 8.04. The first-order valence-electron chi connectivity index (χ1n) is 5.07. The lowest BCUT2D eigenvalue weighted by molar-refractivity contribution is -0.0645. The molecule has 2 unspecified atom stereocenters. The predicted molar refractivity (Wildman–Crippen MR) is 52.3 cm³/mol. The van der Waals surface area contributed by atoms with E-state index >= 15 is 0 Å². The zero-order chi connectivity index (χ0) is 9.52. The highest BCUT2D eigenvalue weighted by Gasteiger charge is 2.21. The third-order valence-corrected chi connectivity index (χ3v) is 2.47. The van der Waals surface area contributed by atoms with E-state index in [0.29, 0.717) is 0 Å². The standard InChI is InChI=1S/C11H18O2/c1-2-3-4-7-10(12)11-8-5-6-9-13-11/h1,10-12H,3-9H2. The van der Waals surface area contributed by atoms with Crippen molar-refractivity contribution in [2.75, 3.05) is 6.61 Å². The minimum atomic E-state index is -0.311. The Bertz CT molecular complexity index is 165. The van der Waals surface area contributed by atoms with Crippen LogP contribution in [0.2, 0.25) is 0 Å². The Balaban J connectivity index is 2.14. The maximum absolute atomic E-state index is 9.71. The van der Waals surface area contributed by atoms with Crippen molar-refractivity contribution in [2.45, 2.75) is 50.7 Å². The summed E-state index contributed by atoms with van der Waals surface area (Å²) in [5, 5.41) is 9.71. The Labute approximate surface area is 80.3 Å². The molecule has 1 aliphatic heterocycles. The van der Waals surface area contributed by atoms with Crippen LogP contribution in [0.4, 0.5) is 0 Å². The number of aliphatic hydroxyl groups excluding tert-OH is 1. The molecule has 1 aliphatic rings. The van der Waals surface area contributed by atoms with Gasteiger partial charge in [-0.25, -0.2) is 0 Å². The fourth-order valence-corrected chi connectivity index (χ4v) is 1.67. The van der Waals surface area contributed by atoms with E-state index in [1.807, 2.05) is 0 Å². The van der Waals surface area contributed by atoms with Gasteiger partial charge in [0.2, 0.25) is 0 Å². The zero-order valence-corrected chi connectivity index (χ0v) is 8.04. The van der Waals surface area contributed by atoms with E-state index in [1.165, 1.54) is 6.42 Å². The van der Waals surface area contributed by atoms with E-state index in [0.717, 1.165) is 38.7 Å². The molecule has 13 heavy (non-hydrogen) atoms. The van der Waals surface area contributed by atoms with Crippen LogP contribution in [0.5, 0.6) is 0 Å². The number of hydrogen-bond donors (Lipinski definition) is 1. The fraction of sp³-hybridized carbons (Fsp3) is 0.818. The first-order chi connectivity index (χ1) is 6.34. The second-order valence-electron chi connectivity index (χ2n) is 3.57. The van der Waals surface area contributed by atoms with Gasteiger partial charge in [-0.05, 0) is 32.1 Å². The third kappa shape index (κ3) is 3.80. The molecule has 0 radical (unpaired) electrons. The average Bonchev–Trinajstić information content (AvgIpc) is 2.19. The SMILES string of the molecule is C#CCCCC(O)C1CCCCO1. The summed E-state index contributed by atoms with van der Waals surface area (Å²) in [5.74, 6) is 2.57. The summed E-state index contributed by atoms with van der Waals surface area (Å²) in [6.07, 6.45) is 10.6. The molecule has 1 rings (SSSR count). The van der Waals surface area contributed by atoms with Crippen molar-refractivity contribution in [3.05, 3.63) is 0 Å². The summed E-state index contributed by atoms with van der Waals surface area (Å²) >= 11 is 0. The molecule has 0 aromatic rings. The van der Waals surface area contributed by atoms with E-state index in [1.54, 1.807) is 0 Å². The van der Waals surface area contributed by atoms with Gasteiger partial charge in [-0.15, -0.1) is 12.3 Å². The minimum absolute atomic E-state index is 0.0616. The largest absolute Gasteiger partial charge is 0.390 e. The predicted octanol–water partition coefficient (Wildman–Crippen LogP) is 1.72. The van der Waals surface area contributed by atoms with Gasteiger partial charge in [0.05, 0.1) is 12.2 Å². The molecule has 0 bridgehead atoms. The van der Waals surface area contributed by atoms with Crippen LogP contribution in [0.1, 0.15) is 38.5 Å². The Morgan fingerprint density at radius 2 is 2.38 bits per heavy atom. The molecule has 2 nitrogen and oxygen atoms in total.